The van der Waals surface area contributed by atoms with E-state index in [1.54, 1.807) is 24.8 Å². The summed E-state index contributed by atoms with van der Waals surface area (Å²) in [5.41, 5.74) is 1.77. The Labute approximate surface area is 474 Å². The monoisotopic (exact) mass is 1160 g/mol. The van der Waals surface area contributed by atoms with Crippen LogP contribution < -0.4 is 20.4 Å². The molecule has 6 aliphatic rings. The predicted octanol–water partition coefficient (Wildman–Crippen LogP) is 11.8. The molecule has 0 spiro atoms. The summed E-state index contributed by atoms with van der Waals surface area (Å²) >= 11 is 25.6. The van der Waals surface area contributed by atoms with Gasteiger partial charge in [-0.2, -0.15) is 23.1 Å². The summed E-state index contributed by atoms with van der Waals surface area (Å²) in [6, 6.07) is 11.6. The number of aliphatic carboxylic acids is 2. The van der Waals surface area contributed by atoms with Crippen LogP contribution in [0.4, 0.5) is 36.7 Å². The fourth-order valence-corrected chi connectivity index (χ4v) is 13.7. The Morgan fingerprint density at radius 2 is 1.06 bits per heavy atom. The molecule has 10 rings (SSSR count). The third kappa shape index (κ3) is 12.4. The number of hydrogen-bond donors (Lipinski definition) is 5. The molecule has 4 saturated heterocycles. The number of piperidine rings is 2. The minimum Gasteiger partial charge on any atom is -0.481 e. The van der Waals surface area contributed by atoms with Gasteiger partial charge in [0.1, 0.15) is 10.0 Å². The van der Waals surface area contributed by atoms with Crippen LogP contribution in [0, 0.1) is 48.3 Å². The van der Waals surface area contributed by atoms with E-state index in [0.717, 1.165) is 93.6 Å². The number of halogens is 7. The summed E-state index contributed by atoms with van der Waals surface area (Å²) in [4.78, 5) is 49.4. The number of aliphatic hydroxyl groups is 1. The quantitative estimate of drug-likeness (QED) is 0.0757. The Bertz CT molecular complexity index is 2860. The van der Waals surface area contributed by atoms with Gasteiger partial charge in [-0.25, -0.2) is 9.97 Å². The van der Waals surface area contributed by atoms with E-state index in [2.05, 4.69) is 40.3 Å². The SMILES string of the molecule is Cc1ccc([C@@H](C)Nc2nc(N3CC([C@H]4CCCN(C5CC(C)(C(=O)O)C5)C4)C3)nc(C(F)(F)F)c2Cl)c(Cl)c1.Cc1ccc([C@@H](C)Nc2nc(N3CC([C@H]4CCCN(C5CC(C)(C(=O)O)C5)C4)C3)nc(CO)c2Cl)c(Cl)c1. The normalized spacial score (nSPS) is 26.8. The lowest BCUT2D eigenvalue weighted by atomic mass is 9.65. The molecular weight excluding hydrogens is 1090 g/mol. The number of nitrogens with zero attached hydrogens (tertiary/aromatic N) is 8. The molecular formula is C56H71Cl4F3N10O5. The number of carboxylic acids is 2. The molecule has 6 fully saturated rings. The van der Waals surface area contributed by atoms with Crippen molar-refractivity contribution in [1.82, 2.24) is 29.7 Å². The van der Waals surface area contributed by atoms with Gasteiger partial charge < -0.3 is 45.6 Å². The van der Waals surface area contributed by atoms with Gasteiger partial charge in [0.05, 0.1) is 35.2 Å². The Morgan fingerprint density at radius 3 is 1.45 bits per heavy atom. The van der Waals surface area contributed by atoms with E-state index in [-0.39, 0.29) is 30.5 Å². The molecule has 4 aromatic rings. The van der Waals surface area contributed by atoms with Gasteiger partial charge in [-0.05, 0) is 164 Å². The first-order valence-electron chi connectivity index (χ1n) is 27.1. The molecule has 2 aliphatic carbocycles. The molecule has 4 atom stereocenters. The maximum Gasteiger partial charge on any atom is 0.435 e. The second-order valence-corrected chi connectivity index (χ2v) is 25.2. The highest BCUT2D eigenvalue weighted by Gasteiger charge is 2.51. The van der Waals surface area contributed by atoms with Gasteiger partial charge >= 0.3 is 18.1 Å². The van der Waals surface area contributed by atoms with Crippen LogP contribution in [0.5, 0.6) is 0 Å². The Morgan fingerprint density at radius 1 is 0.654 bits per heavy atom. The molecule has 4 aliphatic heterocycles. The lowest BCUT2D eigenvalue weighted by molar-refractivity contribution is -0.159. The van der Waals surface area contributed by atoms with Gasteiger partial charge in [0, 0.05) is 61.4 Å². The Balaban J connectivity index is 0.000000190. The smallest absolute Gasteiger partial charge is 0.435 e. The van der Waals surface area contributed by atoms with Gasteiger partial charge in [0.15, 0.2) is 17.3 Å². The van der Waals surface area contributed by atoms with E-state index in [4.69, 9.17) is 51.4 Å². The zero-order valence-electron chi connectivity index (χ0n) is 45.0. The molecule has 15 nitrogen and oxygen atoms in total. The van der Waals surface area contributed by atoms with Gasteiger partial charge in [-0.1, -0.05) is 70.7 Å². The molecule has 2 saturated carbocycles. The van der Waals surface area contributed by atoms with E-state index >= 15 is 0 Å². The zero-order valence-corrected chi connectivity index (χ0v) is 48.0. The van der Waals surface area contributed by atoms with Crippen molar-refractivity contribution in [3.05, 3.63) is 90.1 Å². The number of aliphatic hydroxyl groups excluding tert-OH is 1. The number of anilines is 4. The van der Waals surface area contributed by atoms with Crippen molar-refractivity contribution in [2.75, 3.05) is 72.8 Å². The summed E-state index contributed by atoms with van der Waals surface area (Å²) in [5.74, 6) is 1.41. The van der Waals surface area contributed by atoms with Crippen molar-refractivity contribution in [1.29, 1.82) is 0 Å². The van der Waals surface area contributed by atoms with Crippen molar-refractivity contribution < 1.29 is 38.1 Å². The number of alkyl halides is 3. The fraction of sp³-hybridized carbons (Fsp3) is 0.607. The molecule has 0 amide bonds. The van der Waals surface area contributed by atoms with Crippen LogP contribution in [-0.4, -0.2) is 121 Å². The zero-order chi connectivity index (χ0) is 56.2. The van der Waals surface area contributed by atoms with Gasteiger partial charge in [-0.15, -0.1) is 0 Å². The first kappa shape index (κ1) is 58.2. The minimum atomic E-state index is -4.74. The molecule has 0 radical (unpaired) electrons. The second kappa shape index (κ2) is 23.2. The topological polar surface area (TPSA) is 183 Å². The summed E-state index contributed by atoms with van der Waals surface area (Å²) in [7, 11) is 0. The summed E-state index contributed by atoms with van der Waals surface area (Å²) in [6.45, 7) is 17.9. The lowest BCUT2D eigenvalue weighted by Crippen LogP contribution is -2.58. The van der Waals surface area contributed by atoms with E-state index < -0.39 is 45.7 Å². The minimum absolute atomic E-state index is 0.00145. The molecule has 424 valence electrons. The third-order valence-electron chi connectivity index (χ3n) is 17.6. The number of nitrogens with one attached hydrogen (secondary N) is 2. The average Bonchev–Trinajstić information content (AvgIpc) is 3.34. The van der Waals surface area contributed by atoms with Crippen LogP contribution in [0.2, 0.25) is 20.1 Å². The number of aryl methyl sites for hydroxylation is 2. The van der Waals surface area contributed by atoms with Crippen molar-refractivity contribution in [2.24, 2.45) is 34.5 Å². The number of carbonyl (C=O) groups is 2. The molecule has 0 unspecified atom stereocenters. The molecule has 78 heavy (non-hydrogen) atoms. The number of carboxylic acid groups (broad SMARTS) is 2. The molecule has 22 heteroatoms. The van der Waals surface area contributed by atoms with E-state index in [1.807, 2.05) is 58.0 Å². The van der Waals surface area contributed by atoms with Crippen LogP contribution in [0.1, 0.15) is 125 Å². The highest BCUT2D eigenvalue weighted by atomic mass is 35.5. The van der Waals surface area contributed by atoms with Crippen molar-refractivity contribution >= 4 is 81.9 Å². The van der Waals surface area contributed by atoms with Crippen LogP contribution in [0.15, 0.2) is 36.4 Å². The molecule has 6 heterocycles. The molecule has 5 N–H and O–H groups in total. The lowest BCUT2D eigenvalue weighted by Gasteiger charge is -2.52. The summed E-state index contributed by atoms with van der Waals surface area (Å²) < 4.78 is 41.7. The Hall–Kier alpha value is -4.43. The van der Waals surface area contributed by atoms with Gasteiger partial charge in [-0.3, -0.25) is 9.59 Å². The number of hydrogen-bond acceptors (Lipinski definition) is 13. The first-order valence-corrected chi connectivity index (χ1v) is 28.7. The van der Waals surface area contributed by atoms with Gasteiger partial charge in [0.2, 0.25) is 11.9 Å². The first-order chi connectivity index (χ1) is 36.8. The summed E-state index contributed by atoms with van der Waals surface area (Å²) in [5, 5.41) is 36.2. The summed E-state index contributed by atoms with van der Waals surface area (Å²) in [6.07, 6.45) is 2.51. The molecule has 2 aromatic carbocycles. The average molecular weight is 1160 g/mol. The molecule has 2 aromatic heterocycles. The highest BCUT2D eigenvalue weighted by Crippen LogP contribution is 2.48. The van der Waals surface area contributed by atoms with Crippen LogP contribution in [0.3, 0.4) is 0 Å². The van der Waals surface area contributed by atoms with Crippen LogP contribution in [-0.2, 0) is 22.4 Å². The van der Waals surface area contributed by atoms with Crippen molar-refractivity contribution in [3.8, 4) is 0 Å². The van der Waals surface area contributed by atoms with Crippen molar-refractivity contribution in [2.45, 2.75) is 130 Å². The van der Waals surface area contributed by atoms with Gasteiger partial charge in [0.25, 0.3) is 0 Å². The standard InChI is InChI=1S/C28H34Cl2F3N5O2.C28H37Cl2N5O3/c1-15-6-7-20(21(29)9-15)16(2)34-24-22(30)23(28(31,32)33)35-26(36-24)38-13-18(14-38)17-5-4-8-37(12-17)19-10-27(3,11-19)25(39)40;1-16-6-7-21(22(29)9-16)17(2)31-25-24(30)23(15-36)32-27(33-25)35-13-19(14-35)18-5-4-8-34(12-18)20-10-28(3,11-20)26(37)38/h6-7,9,16-19H,4-5,8,10-14H2,1-3H3,(H,39,40)(H,34,35,36);6-7,9,17-20,36H,4-5,8,10-15H2,1-3H3,(H,37,38)(H,31,32,33)/t16-,17+,19?,27?;17-,18+,20?,28?/m11/s1. The number of rotatable bonds is 15. The van der Waals surface area contributed by atoms with Crippen LogP contribution in [0.25, 0.3) is 0 Å². The van der Waals surface area contributed by atoms with E-state index in [0.29, 0.717) is 88.2 Å². The highest BCUT2D eigenvalue weighted by molar-refractivity contribution is 6.34. The molecule has 0 bridgehead atoms. The fourth-order valence-electron chi connectivity index (χ4n) is 12.5. The largest absolute Gasteiger partial charge is 0.481 e. The number of likely N-dealkylation sites (tertiary alicyclic amines) is 2. The third-order valence-corrected chi connectivity index (χ3v) is 19.0. The Kier molecular flexibility index (Phi) is 17.3. The van der Waals surface area contributed by atoms with Crippen molar-refractivity contribution in [3.63, 3.8) is 0 Å². The van der Waals surface area contributed by atoms with Crippen LogP contribution >= 0.6 is 46.4 Å². The maximum absolute atomic E-state index is 13.9. The number of aromatic nitrogens is 4. The predicted molar refractivity (Wildman–Crippen MR) is 299 cm³/mol. The van der Waals surface area contributed by atoms with E-state index in [1.165, 1.54) is 6.42 Å². The van der Waals surface area contributed by atoms with E-state index in [9.17, 15) is 38.1 Å². The second-order valence-electron chi connectivity index (χ2n) is 23.6. The maximum atomic E-state index is 13.9. The number of benzene rings is 2.